The number of nitrogens with zero attached hydrogens (tertiary/aromatic N) is 2. The summed E-state index contributed by atoms with van der Waals surface area (Å²) in [5, 5.41) is 11.8. The van der Waals surface area contributed by atoms with Crippen LogP contribution in [0.4, 0.5) is 0 Å². The van der Waals surface area contributed by atoms with E-state index in [9.17, 15) is 14.5 Å². The van der Waals surface area contributed by atoms with Gasteiger partial charge in [-0.25, -0.2) is 0 Å². The number of hydrogen-bond acceptors (Lipinski definition) is 4. The van der Waals surface area contributed by atoms with E-state index in [0.29, 0.717) is 25.8 Å². The number of amides is 1. The molecule has 0 aliphatic carbocycles. The lowest BCUT2D eigenvalue weighted by Gasteiger charge is -2.23. The zero-order valence-corrected chi connectivity index (χ0v) is 15.8. The molecular formula is C20H30N2O4. The van der Waals surface area contributed by atoms with E-state index in [2.05, 4.69) is 17.0 Å². The summed E-state index contributed by atoms with van der Waals surface area (Å²) in [4.78, 5) is 35.6. The number of rotatable bonds is 12. The highest BCUT2D eigenvalue weighted by molar-refractivity contribution is 5.79. The van der Waals surface area contributed by atoms with Gasteiger partial charge in [0.15, 0.2) is 0 Å². The van der Waals surface area contributed by atoms with Gasteiger partial charge in [0.1, 0.15) is 6.04 Å². The number of carbonyl (C=O) groups excluding carboxylic acids is 1. The molecule has 0 aromatic carbocycles. The number of carboxylic acid groups (broad SMARTS) is 1. The summed E-state index contributed by atoms with van der Waals surface area (Å²) in [5.41, 5.74) is 0. The van der Waals surface area contributed by atoms with Crippen LogP contribution in [0.1, 0.15) is 65.2 Å². The summed E-state index contributed by atoms with van der Waals surface area (Å²) in [6, 6.07) is -0.403. The Kier molecular flexibility index (Phi) is 10.3. The number of hydrogen-bond donors (Lipinski definition) is 1. The summed E-state index contributed by atoms with van der Waals surface area (Å²) in [6.45, 7) is 4.40. The molecule has 0 unspecified atom stereocenters. The minimum absolute atomic E-state index is 0.0234. The zero-order valence-electron chi connectivity index (χ0n) is 15.8. The Hall–Kier alpha value is -2.16. The third kappa shape index (κ3) is 7.81. The normalized spacial score (nSPS) is 19.2. The van der Waals surface area contributed by atoms with E-state index < -0.39 is 12.0 Å². The van der Waals surface area contributed by atoms with Crippen LogP contribution in [0, 0.1) is 22.7 Å². The average molecular weight is 362 g/mol. The molecule has 1 aliphatic heterocycles. The van der Waals surface area contributed by atoms with Crippen molar-refractivity contribution in [3.8, 4) is 11.8 Å². The summed E-state index contributed by atoms with van der Waals surface area (Å²) in [7, 11) is 0. The predicted molar refractivity (Wildman–Crippen MR) is 101 cm³/mol. The van der Waals surface area contributed by atoms with Gasteiger partial charge in [0, 0.05) is 25.8 Å². The molecular weight excluding hydrogens is 332 g/mol. The predicted octanol–water partition coefficient (Wildman–Crippen LogP) is 3.75. The quantitative estimate of drug-likeness (QED) is 0.248. The van der Waals surface area contributed by atoms with Crippen LogP contribution in [0.5, 0.6) is 0 Å². The third-order valence-electron chi connectivity index (χ3n) is 4.75. The lowest BCUT2D eigenvalue weighted by atomic mass is 9.98. The van der Waals surface area contributed by atoms with Crippen molar-refractivity contribution < 1.29 is 14.7 Å². The number of carbonyl (C=O) groups is 2. The van der Waals surface area contributed by atoms with Gasteiger partial charge in [-0.2, -0.15) is 4.91 Å². The van der Waals surface area contributed by atoms with Crippen molar-refractivity contribution in [2.45, 2.75) is 77.3 Å². The molecule has 0 saturated carbocycles. The minimum Gasteiger partial charge on any atom is -0.481 e. The zero-order chi connectivity index (χ0) is 19.4. The molecule has 1 saturated heterocycles. The van der Waals surface area contributed by atoms with E-state index in [-0.39, 0.29) is 24.3 Å². The van der Waals surface area contributed by atoms with E-state index in [4.69, 9.17) is 5.11 Å². The van der Waals surface area contributed by atoms with Crippen LogP contribution < -0.4 is 0 Å². The van der Waals surface area contributed by atoms with Crippen molar-refractivity contribution in [2.24, 2.45) is 11.1 Å². The molecule has 26 heavy (non-hydrogen) atoms. The molecule has 144 valence electrons. The summed E-state index contributed by atoms with van der Waals surface area (Å²) < 4.78 is 0. The number of carboxylic acids is 1. The number of nitroso groups, excluding NO2 is 1. The van der Waals surface area contributed by atoms with E-state index in [1.54, 1.807) is 6.92 Å². The smallest absolute Gasteiger partial charge is 0.303 e. The maximum atomic E-state index is 12.1. The SMILES string of the molecule is CC#CC[C@@H](C)[C@@H](/C=C/[C@H]1CCC(=O)N1CCCCCCC(=O)O)N=O. The van der Waals surface area contributed by atoms with Crippen LogP contribution >= 0.6 is 0 Å². The molecule has 0 aromatic heterocycles. The van der Waals surface area contributed by atoms with Crippen LogP contribution in [0.3, 0.4) is 0 Å². The molecule has 1 fully saturated rings. The number of aliphatic carboxylic acids is 1. The van der Waals surface area contributed by atoms with Gasteiger partial charge in [-0.3, -0.25) is 9.59 Å². The van der Waals surface area contributed by atoms with E-state index in [1.807, 2.05) is 24.0 Å². The van der Waals surface area contributed by atoms with Crippen molar-refractivity contribution in [3.63, 3.8) is 0 Å². The third-order valence-corrected chi connectivity index (χ3v) is 4.75. The maximum absolute atomic E-state index is 12.1. The minimum atomic E-state index is -0.762. The van der Waals surface area contributed by atoms with Crippen molar-refractivity contribution in [3.05, 3.63) is 17.1 Å². The molecule has 1 amide bonds. The second-order valence-corrected chi connectivity index (χ2v) is 6.84. The lowest BCUT2D eigenvalue weighted by molar-refractivity contribution is -0.137. The topological polar surface area (TPSA) is 87.0 Å². The molecule has 6 heteroatoms. The monoisotopic (exact) mass is 362 g/mol. The van der Waals surface area contributed by atoms with Crippen molar-refractivity contribution in [1.82, 2.24) is 4.90 Å². The van der Waals surface area contributed by atoms with Crippen LogP contribution in [0.2, 0.25) is 0 Å². The van der Waals surface area contributed by atoms with Gasteiger partial charge in [-0.05, 0) is 32.1 Å². The molecule has 1 heterocycles. The molecule has 1 aliphatic rings. The highest BCUT2D eigenvalue weighted by atomic mass is 16.4. The number of likely N-dealkylation sites (tertiary alicyclic amines) is 1. The van der Waals surface area contributed by atoms with Gasteiger partial charge in [-0.1, -0.05) is 37.1 Å². The fourth-order valence-electron chi connectivity index (χ4n) is 3.11. The Labute approximate surface area is 156 Å². The molecule has 0 aromatic rings. The molecule has 1 rings (SSSR count). The summed E-state index contributed by atoms with van der Waals surface area (Å²) >= 11 is 0. The molecule has 0 bridgehead atoms. The van der Waals surface area contributed by atoms with E-state index >= 15 is 0 Å². The largest absolute Gasteiger partial charge is 0.481 e. The van der Waals surface area contributed by atoms with Gasteiger partial charge in [0.2, 0.25) is 5.91 Å². The van der Waals surface area contributed by atoms with Gasteiger partial charge < -0.3 is 10.0 Å². The van der Waals surface area contributed by atoms with Gasteiger partial charge >= 0.3 is 5.97 Å². The van der Waals surface area contributed by atoms with Crippen LogP contribution in [0.25, 0.3) is 0 Å². The molecule has 0 radical (unpaired) electrons. The van der Waals surface area contributed by atoms with Gasteiger partial charge in [0.25, 0.3) is 0 Å². The van der Waals surface area contributed by atoms with E-state index in [1.165, 1.54) is 0 Å². The summed E-state index contributed by atoms with van der Waals surface area (Å²) in [5.74, 6) is 5.24. The first-order chi connectivity index (χ1) is 12.5. The molecule has 6 nitrogen and oxygen atoms in total. The Morgan fingerprint density at radius 3 is 2.77 bits per heavy atom. The Bertz CT molecular complexity index is 562. The Morgan fingerprint density at radius 1 is 1.38 bits per heavy atom. The average Bonchev–Trinajstić information content (AvgIpc) is 2.96. The molecule has 0 spiro atoms. The second kappa shape index (κ2) is 12.2. The summed E-state index contributed by atoms with van der Waals surface area (Å²) in [6.07, 6.45) is 9.21. The Morgan fingerprint density at radius 2 is 2.12 bits per heavy atom. The number of unbranched alkanes of at least 4 members (excludes halogenated alkanes) is 3. The highest BCUT2D eigenvalue weighted by Crippen LogP contribution is 2.22. The van der Waals surface area contributed by atoms with Gasteiger partial charge in [-0.15, -0.1) is 11.8 Å². The van der Waals surface area contributed by atoms with Crippen molar-refractivity contribution in [1.29, 1.82) is 0 Å². The lowest BCUT2D eigenvalue weighted by Crippen LogP contribution is -2.33. The molecule has 3 atom stereocenters. The first-order valence-electron chi connectivity index (χ1n) is 9.41. The fraction of sp³-hybridized carbons (Fsp3) is 0.700. The van der Waals surface area contributed by atoms with Crippen LogP contribution in [0.15, 0.2) is 17.3 Å². The van der Waals surface area contributed by atoms with Crippen LogP contribution in [-0.4, -0.2) is 40.5 Å². The first-order valence-corrected chi connectivity index (χ1v) is 9.41. The Balaban J connectivity index is 2.47. The molecule has 1 N–H and O–H groups in total. The highest BCUT2D eigenvalue weighted by Gasteiger charge is 2.28. The second-order valence-electron chi connectivity index (χ2n) is 6.84. The maximum Gasteiger partial charge on any atom is 0.303 e. The first kappa shape index (κ1) is 21.9. The fourth-order valence-corrected chi connectivity index (χ4v) is 3.11. The van der Waals surface area contributed by atoms with Gasteiger partial charge in [0.05, 0.1) is 6.04 Å². The van der Waals surface area contributed by atoms with Crippen molar-refractivity contribution in [2.75, 3.05) is 6.54 Å². The van der Waals surface area contributed by atoms with Crippen molar-refractivity contribution >= 4 is 11.9 Å². The standard InChI is InChI=1S/C20H30N2O4/c1-3-4-9-16(2)18(21-26)13-11-17-12-14-19(23)22(17)15-8-6-5-7-10-20(24)25/h11,13,16-18H,5-10,12,14-15H2,1-2H3,(H,24,25)/b13-11+/t16-,17+,18-/m1/s1. The van der Waals surface area contributed by atoms with E-state index in [0.717, 1.165) is 25.7 Å². The van der Waals surface area contributed by atoms with Crippen LogP contribution in [-0.2, 0) is 9.59 Å².